The average molecular weight is 911 g/mol. The molecule has 0 spiro atoms. The van der Waals surface area contributed by atoms with Gasteiger partial charge in [-0.25, -0.2) is 0 Å². The average Bonchev–Trinajstić information content (AvgIpc) is 4.11. The van der Waals surface area contributed by atoms with Crippen LogP contribution in [0.2, 0.25) is 0 Å². The van der Waals surface area contributed by atoms with Crippen LogP contribution in [0.15, 0.2) is 257 Å². The Bertz CT molecular complexity index is 4370. The van der Waals surface area contributed by atoms with Gasteiger partial charge in [-0.3, -0.25) is 0 Å². The van der Waals surface area contributed by atoms with E-state index in [1.807, 2.05) is 30.3 Å². The number of anilines is 4. The summed E-state index contributed by atoms with van der Waals surface area (Å²) >= 11 is 0. The Morgan fingerprint density at radius 1 is 0.380 bits per heavy atom. The number of nitrogens with one attached hydrogen (secondary N) is 1. The Balaban J connectivity index is 0.778. The summed E-state index contributed by atoms with van der Waals surface area (Å²) < 4.78 is 19.1. The zero-order valence-corrected chi connectivity index (χ0v) is 38.4. The summed E-state index contributed by atoms with van der Waals surface area (Å²) in [5.74, 6) is 0. The van der Waals surface area contributed by atoms with Gasteiger partial charge < -0.3 is 23.5 Å². The fraction of sp³-hybridized carbons (Fsp3) is 0. The standard InChI is InChI=1S/C66H42N2O3/c1-41-13-8-9-34-68(50-19-12-16-44(37-50)47-27-32-63-56(39-47)53-22-4-7-25-61(53)70-63)59-30-29-54-57-40-46(28-33-64(57)71-66(54)65(41)59)43-15-11-18-49(36-43)67-58-23-5-2-20-51(58)48-17-10-14-42(35-48)45-26-31-62-55(38-45)52-21-3-6-24-60(52)69-62/h2-40,67H,1H2/b13-8-,34-9-. The minimum absolute atomic E-state index is 0.810. The van der Waals surface area contributed by atoms with Crippen LogP contribution in [0.1, 0.15) is 5.56 Å². The Morgan fingerprint density at radius 2 is 0.930 bits per heavy atom. The molecule has 0 aliphatic carbocycles. The number of hydrogen-bond donors (Lipinski definition) is 1. The molecule has 0 saturated carbocycles. The molecular weight excluding hydrogens is 869 g/mol. The van der Waals surface area contributed by atoms with Crippen molar-refractivity contribution >= 4 is 94.1 Å². The molecule has 334 valence electrons. The summed E-state index contributed by atoms with van der Waals surface area (Å²) in [5, 5.41) is 10.3. The van der Waals surface area contributed by atoms with Crippen LogP contribution < -0.4 is 10.2 Å². The summed E-state index contributed by atoms with van der Waals surface area (Å²) in [6, 6.07) is 74.8. The van der Waals surface area contributed by atoms with Crippen LogP contribution in [-0.4, -0.2) is 0 Å². The van der Waals surface area contributed by atoms with E-state index < -0.39 is 0 Å². The molecule has 4 heterocycles. The van der Waals surface area contributed by atoms with Crippen molar-refractivity contribution in [3.63, 3.8) is 0 Å². The maximum Gasteiger partial charge on any atom is 0.145 e. The van der Waals surface area contributed by atoms with Crippen LogP contribution in [0, 0.1) is 0 Å². The Hall–Kier alpha value is -9.58. The fourth-order valence-electron chi connectivity index (χ4n) is 10.5. The maximum atomic E-state index is 6.81. The highest BCUT2D eigenvalue weighted by Crippen LogP contribution is 2.45. The van der Waals surface area contributed by atoms with Gasteiger partial charge in [0.1, 0.15) is 33.5 Å². The smallest absolute Gasteiger partial charge is 0.145 e. The van der Waals surface area contributed by atoms with E-state index in [1.165, 1.54) is 0 Å². The number of allylic oxidation sites excluding steroid dienone is 4. The van der Waals surface area contributed by atoms with E-state index in [9.17, 15) is 0 Å². The molecule has 1 aliphatic heterocycles. The van der Waals surface area contributed by atoms with E-state index >= 15 is 0 Å². The number of fused-ring (bicyclic) bond motifs is 11. The summed E-state index contributed by atoms with van der Waals surface area (Å²) in [6.07, 6.45) is 8.27. The molecule has 0 saturated heterocycles. The molecule has 71 heavy (non-hydrogen) atoms. The lowest BCUT2D eigenvalue weighted by atomic mass is 9.96. The number of rotatable bonds is 7. The first-order chi connectivity index (χ1) is 35.1. The van der Waals surface area contributed by atoms with Crippen molar-refractivity contribution in [1.29, 1.82) is 0 Å². The third-order valence-electron chi connectivity index (χ3n) is 14.0. The lowest BCUT2D eigenvalue weighted by Gasteiger charge is -2.25. The van der Waals surface area contributed by atoms with E-state index in [2.05, 4.69) is 223 Å². The highest BCUT2D eigenvalue weighted by molar-refractivity contribution is 6.13. The van der Waals surface area contributed by atoms with Gasteiger partial charge >= 0.3 is 0 Å². The highest BCUT2D eigenvalue weighted by atomic mass is 16.3. The van der Waals surface area contributed by atoms with E-state index in [1.54, 1.807) is 0 Å². The van der Waals surface area contributed by atoms with Crippen LogP contribution in [0.3, 0.4) is 0 Å². The molecule has 14 rings (SSSR count). The third kappa shape index (κ3) is 6.94. The van der Waals surface area contributed by atoms with Crippen LogP contribution in [-0.2, 0) is 0 Å². The zero-order valence-electron chi connectivity index (χ0n) is 38.4. The van der Waals surface area contributed by atoms with Gasteiger partial charge in [0.05, 0.1) is 5.69 Å². The van der Waals surface area contributed by atoms with Gasteiger partial charge in [-0.05, 0) is 148 Å². The molecule has 3 aromatic heterocycles. The first-order valence-electron chi connectivity index (χ1n) is 23.9. The molecule has 5 heteroatoms. The molecule has 0 radical (unpaired) electrons. The molecule has 1 N–H and O–H groups in total. The maximum absolute atomic E-state index is 6.81. The van der Waals surface area contributed by atoms with Crippen molar-refractivity contribution in [2.24, 2.45) is 0 Å². The zero-order chi connectivity index (χ0) is 47.0. The summed E-state index contributed by atoms with van der Waals surface area (Å²) in [5.41, 5.74) is 20.1. The number of furan rings is 3. The van der Waals surface area contributed by atoms with Crippen molar-refractivity contribution in [2.75, 3.05) is 10.2 Å². The SMILES string of the molecule is C=C1/C=C\C=C/N(c2cccc(-c3ccc4oc5ccccc5c4c3)c2)c2ccc3c(oc4ccc(-c5cccc(Nc6ccccc6-c6cccc(-c7ccc8oc9ccccc9c8c7)c6)c5)cc43)c21. The normalized spacial score (nSPS) is 13.6. The molecule has 5 nitrogen and oxygen atoms in total. The predicted molar refractivity (Wildman–Crippen MR) is 296 cm³/mol. The molecule has 1 aliphatic rings. The van der Waals surface area contributed by atoms with Crippen LogP contribution >= 0.6 is 0 Å². The van der Waals surface area contributed by atoms with Gasteiger partial charge in [0.2, 0.25) is 0 Å². The summed E-state index contributed by atoms with van der Waals surface area (Å²) in [7, 11) is 0. The number of nitrogens with zero attached hydrogens (tertiary/aromatic N) is 1. The number of para-hydroxylation sites is 3. The predicted octanol–water partition coefficient (Wildman–Crippen LogP) is 19.0. The lowest BCUT2D eigenvalue weighted by Crippen LogP contribution is -2.11. The molecule has 0 amide bonds. The molecule has 0 unspecified atom stereocenters. The molecule has 10 aromatic carbocycles. The Morgan fingerprint density at radius 3 is 1.65 bits per heavy atom. The van der Waals surface area contributed by atoms with E-state index in [-0.39, 0.29) is 0 Å². The van der Waals surface area contributed by atoms with Crippen molar-refractivity contribution in [2.45, 2.75) is 0 Å². The first kappa shape index (κ1) is 40.5. The minimum Gasteiger partial charge on any atom is -0.456 e. The number of hydrogen-bond acceptors (Lipinski definition) is 5. The lowest BCUT2D eigenvalue weighted by molar-refractivity contribution is 0.667. The van der Waals surface area contributed by atoms with E-state index in [0.29, 0.717) is 0 Å². The van der Waals surface area contributed by atoms with E-state index in [0.717, 1.165) is 144 Å². The summed E-state index contributed by atoms with van der Waals surface area (Å²) in [6.45, 7) is 4.56. The van der Waals surface area contributed by atoms with Crippen molar-refractivity contribution in [3.05, 3.63) is 249 Å². The van der Waals surface area contributed by atoms with Crippen LogP contribution in [0.5, 0.6) is 0 Å². The second kappa shape index (κ2) is 16.3. The van der Waals surface area contributed by atoms with Crippen molar-refractivity contribution in [1.82, 2.24) is 0 Å². The molecule has 0 fully saturated rings. The van der Waals surface area contributed by atoms with Crippen LogP contribution in [0.4, 0.5) is 22.7 Å². The van der Waals surface area contributed by atoms with Gasteiger partial charge in [-0.1, -0.05) is 134 Å². The third-order valence-corrected chi connectivity index (χ3v) is 14.0. The quantitative estimate of drug-likeness (QED) is 0.173. The summed E-state index contributed by atoms with van der Waals surface area (Å²) in [4.78, 5) is 2.23. The minimum atomic E-state index is 0.810. The number of benzene rings is 10. The van der Waals surface area contributed by atoms with Gasteiger partial charge in [-0.15, -0.1) is 0 Å². The second-order valence-corrected chi connectivity index (χ2v) is 18.2. The van der Waals surface area contributed by atoms with Gasteiger partial charge in [-0.2, -0.15) is 0 Å². The molecular formula is C66H42N2O3. The van der Waals surface area contributed by atoms with Crippen molar-refractivity contribution in [3.8, 4) is 44.5 Å². The molecule has 13 aromatic rings. The monoisotopic (exact) mass is 910 g/mol. The molecule has 0 bridgehead atoms. The van der Waals surface area contributed by atoms with Crippen molar-refractivity contribution < 1.29 is 13.3 Å². The van der Waals surface area contributed by atoms with E-state index in [4.69, 9.17) is 13.3 Å². The van der Waals surface area contributed by atoms with Gasteiger partial charge in [0.25, 0.3) is 0 Å². The Kier molecular flexibility index (Phi) is 9.29. The van der Waals surface area contributed by atoms with Gasteiger partial charge in [0.15, 0.2) is 0 Å². The molecule has 0 atom stereocenters. The first-order valence-corrected chi connectivity index (χ1v) is 23.9. The largest absolute Gasteiger partial charge is 0.456 e. The Labute approximate surface area is 409 Å². The highest BCUT2D eigenvalue weighted by Gasteiger charge is 2.22. The second-order valence-electron chi connectivity index (χ2n) is 18.2. The topological polar surface area (TPSA) is 54.7 Å². The van der Waals surface area contributed by atoms with Gasteiger partial charge in [0, 0.05) is 66.7 Å². The van der Waals surface area contributed by atoms with Crippen LogP contribution in [0.25, 0.3) is 116 Å². The fourth-order valence-corrected chi connectivity index (χ4v) is 10.5.